The van der Waals surface area contributed by atoms with Crippen molar-refractivity contribution in [3.63, 3.8) is 0 Å². The van der Waals surface area contributed by atoms with Crippen LogP contribution in [0.1, 0.15) is 33.2 Å². The number of allylic oxidation sites excluding steroid dienone is 1. The van der Waals surface area contributed by atoms with E-state index in [1.165, 1.54) is 23.6 Å². The number of hydrogen-bond acceptors (Lipinski definition) is 8. The van der Waals surface area contributed by atoms with E-state index in [-0.39, 0.29) is 36.2 Å². The summed E-state index contributed by atoms with van der Waals surface area (Å²) in [5, 5.41) is 9.14. The minimum absolute atomic E-state index is 0.0462. The van der Waals surface area contributed by atoms with Crippen molar-refractivity contribution in [3.05, 3.63) is 35.1 Å². The van der Waals surface area contributed by atoms with Gasteiger partial charge < -0.3 is 23.9 Å². The van der Waals surface area contributed by atoms with Gasteiger partial charge in [-0.2, -0.15) is 0 Å². The van der Waals surface area contributed by atoms with Crippen LogP contribution in [0.15, 0.2) is 35.1 Å². The van der Waals surface area contributed by atoms with Crippen LogP contribution >= 0.6 is 11.8 Å². The molecule has 0 radical (unpaired) electrons. The number of β-lactam (4-membered cyclic amide) rings is 1. The van der Waals surface area contributed by atoms with Gasteiger partial charge in [-0.15, -0.1) is 11.8 Å². The molecule has 0 spiro atoms. The van der Waals surface area contributed by atoms with Crippen LogP contribution in [-0.2, 0) is 23.8 Å². The number of carbonyl (C=O) groups excluding carboxylic acids is 3. The number of aliphatic hydroxyl groups is 1. The lowest BCUT2D eigenvalue weighted by atomic mass is 9.98. The molecule has 0 aromatic carbocycles. The number of aliphatic hydroxyl groups excluding tert-OH is 1. The average Bonchev–Trinajstić information content (AvgIpc) is 3.29. The third kappa shape index (κ3) is 4.27. The number of nitrogens with zero attached hydrogens (tertiary/aromatic N) is 2. The van der Waals surface area contributed by atoms with Crippen LogP contribution in [0.4, 0.5) is 4.79 Å². The molecule has 29 heavy (non-hydrogen) atoms. The van der Waals surface area contributed by atoms with Crippen LogP contribution in [0.5, 0.6) is 0 Å². The summed E-state index contributed by atoms with van der Waals surface area (Å²) in [6, 6.07) is 3.87. The molecule has 1 aromatic rings. The molecule has 10 heteroatoms. The first-order valence-electron chi connectivity index (χ1n) is 9.37. The largest absolute Gasteiger partial charge is 0.511 e. The van der Waals surface area contributed by atoms with Crippen molar-refractivity contribution in [1.29, 1.82) is 0 Å². The minimum atomic E-state index is -1.17. The number of hydrogen-bond donors (Lipinski definition) is 1. The number of thioether (sulfide) groups is 1. The zero-order valence-corrected chi connectivity index (χ0v) is 17.3. The van der Waals surface area contributed by atoms with Gasteiger partial charge in [0, 0.05) is 36.7 Å². The Balaban J connectivity index is 1.77. The molecule has 0 aliphatic carbocycles. The molecule has 1 aromatic heterocycles. The Bertz CT molecular complexity index is 807. The van der Waals surface area contributed by atoms with E-state index in [9.17, 15) is 19.5 Å². The fourth-order valence-corrected chi connectivity index (χ4v) is 4.89. The molecule has 1 saturated heterocycles. The van der Waals surface area contributed by atoms with Crippen molar-refractivity contribution < 1.29 is 33.7 Å². The molecular formula is C19H24N2O7S. The SMILES string of the molecule is CCOC(=O)OC(C)OC(=O)C1=C(C[C@@H](C)n2cccc2)S[C@@H]2[C@@H](CO)C(=O)N12. The molecule has 3 rings (SSSR count). The molecule has 9 nitrogen and oxygen atoms in total. The Morgan fingerprint density at radius 1 is 1.24 bits per heavy atom. The summed E-state index contributed by atoms with van der Waals surface area (Å²) >= 11 is 1.39. The van der Waals surface area contributed by atoms with Gasteiger partial charge in [0.05, 0.1) is 19.1 Å². The lowest BCUT2D eigenvalue weighted by molar-refractivity contribution is -0.169. The van der Waals surface area contributed by atoms with Crippen LogP contribution in [0.3, 0.4) is 0 Å². The van der Waals surface area contributed by atoms with Gasteiger partial charge in [0.15, 0.2) is 0 Å². The normalized spacial score (nSPS) is 22.6. The number of fused-ring (bicyclic) bond motifs is 1. The highest BCUT2D eigenvalue weighted by molar-refractivity contribution is 8.04. The van der Waals surface area contributed by atoms with Gasteiger partial charge in [0.25, 0.3) is 0 Å². The summed E-state index contributed by atoms with van der Waals surface area (Å²) in [6.45, 7) is 4.88. The van der Waals surface area contributed by atoms with E-state index >= 15 is 0 Å². The molecule has 1 fully saturated rings. The van der Waals surface area contributed by atoms with Crippen LogP contribution in [-0.4, -0.2) is 57.5 Å². The molecule has 3 heterocycles. The molecule has 4 atom stereocenters. The van der Waals surface area contributed by atoms with Gasteiger partial charge in [-0.05, 0) is 26.0 Å². The molecular weight excluding hydrogens is 400 g/mol. The molecule has 1 N–H and O–H groups in total. The van der Waals surface area contributed by atoms with Crippen molar-refractivity contribution in [1.82, 2.24) is 9.47 Å². The summed E-state index contributed by atoms with van der Waals surface area (Å²) in [5.41, 5.74) is 0.146. The van der Waals surface area contributed by atoms with Crippen molar-refractivity contribution in [3.8, 4) is 0 Å². The van der Waals surface area contributed by atoms with E-state index in [1.807, 2.05) is 36.0 Å². The zero-order chi connectivity index (χ0) is 21.1. The number of esters is 1. The van der Waals surface area contributed by atoms with Gasteiger partial charge in [-0.25, -0.2) is 9.59 Å². The predicted molar refractivity (Wildman–Crippen MR) is 103 cm³/mol. The Hall–Kier alpha value is -2.46. The number of ether oxygens (including phenoxy) is 3. The molecule has 0 saturated carbocycles. The van der Waals surface area contributed by atoms with E-state index in [2.05, 4.69) is 4.74 Å². The number of carbonyl (C=O) groups is 3. The fraction of sp³-hybridized carbons (Fsp3) is 0.526. The highest BCUT2D eigenvalue weighted by Gasteiger charge is 2.56. The summed E-state index contributed by atoms with van der Waals surface area (Å²) in [6.07, 6.45) is 2.24. The zero-order valence-electron chi connectivity index (χ0n) is 16.4. The summed E-state index contributed by atoms with van der Waals surface area (Å²) in [7, 11) is 0. The highest BCUT2D eigenvalue weighted by atomic mass is 32.2. The number of rotatable bonds is 8. The van der Waals surface area contributed by atoms with Crippen molar-refractivity contribution in [2.45, 2.75) is 44.9 Å². The molecule has 1 unspecified atom stereocenters. The van der Waals surface area contributed by atoms with Crippen molar-refractivity contribution >= 4 is 29.8 Å². The second-order valence-corrected chi connectivity index (χ2v) is 7.95. The summed E-state index contributed by atoms with van der Waals surface area (Å²) in [4.78, 5) is 38.7. The standard InChI is InChI=1S/C19H24N2O7S/c1-4-26-19(25)28-12(3)27-18(24)15-14(9-11(2)20-7-5-6-8-20)29-17-13(10-22)16(23)21(15)17/h5-8,11-13,17,22H,4,9-10H2,1-3H3/t11-,12?,13+,17-/m1/s1. The van der Waals surface area contributed by atoms with Gasteiger partial charge in [0.1, 0.15) is 11.1 Å². The lowest BCUT2D eigenvalue weighted by Crippen LogP contribution is -2.58. The maximum absolute atomic E-state index is 12.8. The Kier molecular flexibility index (Phi) is 6.53. The second-order valence-electron chi connectivity index (χ2n) is 6.73. The fourth-order valence-electron chi connectivity index (χ4n) is 3.29. The van der Waals surface area contributed by atoms with Crippen LogP contribution in [0.2, 0.25) is 0 Å². The lowest BCUT2D eigenvalue weighted by Gasteiger charge is -2.41. The Labute approximate surface area is 172 Å². The first-order chi connectivity index (χ1) is 13.9. The van der Waals surface area contributed by atoms with E-state index < -0.39 is 24.3 Å². The molecule has 2 aliphatic heterocycles. The average molecular weight is 424 g/mol. The third-order valence-electron chi connectivity index (χ3n) is 4.73. The number of aromatic nitrogens is 1. The quantitative estimate of drug-likeness (QED) is 0.385. The van der Waals surface area contributed by atoms with E-state index in [0.717, 1.165) is 0 Å². The minimum Gasteiger partial charge on any atom is -0.435 e. The smallest absolute Gasteiger partial charge is 0.435 e. The van der Waals surface area contributed by atoms with Crippen LogP contribution in [0.25, 0.3) is 0 Å². The molecule has 158 valence electrons. The Morgan fingerprint density at radius 3 is 2.55 bits per heavy atom. The van der Waals surface area contributed by atoms with Gasteiger partial charge in [-0.1, -0.05) is 0 Å². The summed E-state index contributed by atoms with van der Waals surface area (Å²) < 4.78 is 16.8. The Morgan fingerprint density at radius 2 is 1.93 bits per heavy atom. The topological polar surface area (TPSA) is 107 Å². The van der Waals surface area contributed by atoms with Gasteiger partial charge >= 0.3 is 12.1 Å². The first-order valence-corrected chi connectivity index (χ1v) is 10.3. The highest BCUT2D eigenvalue weighted by Crippen LogP contribution is 2.51. The maximum atomic E-state index is 12.8. The van der Waals surface area contributed by atoms with E-state index in [0.29, 0.717) is 11.3 Å². The predicted octanol–water partition coefficient (Wildman–Crippen LogP) is 2.24. The van der Waals surface area contributed by atoms with Crippen LogP contribution in [0, 0.1) is 5.92 Å². The second kappa shape index (κ2) is 8.91. The monoisotopic (exact) mass is 424 g/mol. The van der Waals surface area contributed by atoms with Gasteiger partial charge in [0.2, 0.25) is 12.2 Å². The van der Waals surface area contributed by atoms with Crippen molar-refractivity contribution in [2.75, 3.05) is 13.2 Å². The van der Waals surface area contributed by atoms with E-state index in [4.69, 9.17) is 9.47 Å². The van der Waals surface area contributed by atoms with E-state index in [1.54, 1.807) is 6.92 Å². The number of amides is 1. The molecule has 2 aliphatic rings. The molecule has 1 amide bonds. The summed E-state index contributed by atoms with van der Waals surface area (Å²) in [5.74, 6) is -1.62. The van der Waals surface area contributed by atoms with Crippen LogP contribution < -0.4 is 0 Å². The van der Waals surface area contributed by atoms with Gasteiger partial charge in [-0.3, -0.25) is 9.69 Å². The first kappa shape index (κ1) is 21.3. The third-order valence-corrected chi connectivity index (χ3v) is 6.15. The van der Waals surface area contributed by atoms with Crippen molar-refractivity contribution in [2.24, 2.45) is 5.92 Å². The maximum Gasteiger partial charge on any atom is 0.511 e. The molecule has 0 bridgehead atoms.